The van der Waals surface area contributed by atoms with Crippen LogP contribution < -0.4 is 11.3 Å². The molecule has 0 aliphatic rings. The third-order valence-corrected chi connectivity index (χ3v) is 4.02. The fraction of sp³-hybridized carbons (Fsp3) is 0.111. The number of aromatic hydroxyl groups is 1. The first-order chi connectivity index (χ1) is 11.6. The minimum Gasteiger partial charge on any atom is -0.494 e. The Balaban J connectivity index is 2.03. The molecule has 1 aromatic heterocycles. The van der Waals surface area contributed by atoms with E-state index in [0.29, 0.717) is 11.9 Å². The van der Waals surface area contributed by atoms with Crippen molar-refractivity contribution in [3.05, 3.63) is 65.7 Å². The molecule has 0 unspecified atom stereocenters. The van der Waals surface area contributed by atoms with Gasteiger partial charge in [-0.1, -0.05) is 48.5 Å². The molecule has 0 saturated heterocycles. The summed E-state index contributed by atoms with van der Waals surface area (Å²) in [6, 6.07) is 17.2. The van der Waals surface area contributed by atoms with Crippen LogP contribution in [0.1, 0.15) is 11.1 Å². The molecule has 0 bridgehead atoms. The Kier molecular flexibility index (Phi) is 4.31. The number of benzene rings is 2. The highest BCUT2D eigenvalue weighted by atomic mass is 16.3. The van der Waals surface area contributed by atoms with E-state index in [2.05, 4.69) is 0 Å². The number of rotatable bonds is 5. The first-order valence-corrected chi connectivity index (χ1v) is 7.57. The molecule has 0 aliphatic carbocycles. The molecule has 24 heavy (non-hydrogen) atoms. The summed E-state index contributed by atoms with van der Waals surface area (Å²) in [6.45, 7) is 0.536. The van der Waals surface area contributed by atoms with Crippen molar-refractivity contribution in [2.45, 2.75) is 13.0 Å². The normalized spacial score (nSPS) is 10.7. The Labute approximate surface area is 139 Å². The number of nitrogens with two attached hydrogens (primary N) is 1. The maximum atomic E-state index is 11.7. The molecule has 5 N–H and O–H groups in total. The smallest absolute Gasteiger partial charge is 0.283 e. The number of aryl methyl sites for hydroxylation is 2. The van der Waals surface area contributed by atoms with Crippen molar-refractivity contribution < 1.29 is 9.90 Å². The topological polar surface area (TPSA) is 104 Å². The first kappa shape index (κ1) is 15.8. The van der Waals surface area contributed by atoms with Gasteiger partial charge in [0.15, 0.2) is 0 Å². The van der Waals surface area contributed by atoms with Crippen LogP contribution >= 0.6 is 0 Å². The SMILES string of the molecule is N=C(C(=O)NN)c1c(O)n(CCc2ccccc2)c2ccccc12. The van der Waals surface area contributed by atoms with Gasteiger partial charge in [-0.15, -0.1) is 0 Å². The quantitative estimate of drug-likeness (QED) is 0.250. The minimum atomic E-state index is -0.740. The van der Waals surface area contributed by atoms with Crippen LogP contribution in [-0.4, -0.2) is 21.3 Å². The number of amides is 1. The van der Waals surface area contributed by atoms with Crippen molar-refractivity contribution in [3.8, 4) is 5.88 Å². The molecule has 0 radical (unpaired) electrons. The molecule has 6 heteroatoms. The fourth-order valence-electron chi connectivity index (χ4n) is 2.83. The van der Waals surface area contributed by atoms with Crippen molar-refractivity contribution in [1.29, 1.82) is 5.41 Å². The second-order valence-corrected chi connectivity index (χ2v) is 5.45. The lowest BCUT2D eigenvalue weighted by Gasteiger charge is -2.08. The van der Waals surface area contributed by atoms with E-state index in [0.717, 1.165) is 17.5 Å². The van der Waals surface area contributed by atoms with Crippen LogP contribution in [-0.2, 0) is 17.8 Å². The average molecular weight is 322 g/mol. The average Bonchev–Trinajstić information content (AvgIpc) is 2.91. The van der Waals surface area contributed by atoms with Crippen LogP contribution in [0.15, 0.2) is 54.6 Å². The van der Waals surface area contributed by atoms with Crippen LogP contribution in [0, 0.1) is 5.41 Å². The molecule has 6 nitrogen and oxygen atoms in total. The van der Waals surface area contributed by atoms with E-state index in [4.69, 9.17) is 11.3 Å². The second-order valence-electron chi connectivity index (χ2n) is 5.45. The molecule has 122 valence electrons. The predicted octanol–water partition coefficient (Wildman–Crippen LogP) is 1.95. The van der Waals surface area contributed by atoms with Gasteiger partial charge in [0.05, 0.1) is 11.1 Å². The van der Waals surface area contributed by atoms with Crippen LogP contribution in [0.4, 0.5) is 0 Å². The van der Waals surface area contributed by atoms with Gasteiger partial charge in [0, 0.05) is 11.9 Å². The van der Waals surface area contributed by atoms with Crippen molar-refractivity contribution in [1.82, 2.24) is 9.99 Å². The zero-order valence-electron chi connectivity index (χ0n) is 13.0. The summed E-state index contributed by atoms with van der Waals surface area (Å²) < 4.78 is 1.72. The molecular formula is C18H18N4O2. The number of nitrogens with zero attached hydrogens (tertiary/aromatic N) is 1. The highest BCUT2D eigenvalue weighted by Crippen LogP contribution is 2.32. The van der Waals surface area contributed by atoms with Crippen LogP contribution in [0.5, 0.6) is 5.88 Å². The molecule has 3 rings (SSSR count). The summed E-state index contributed by atoms with van der Waals surface area (Å²) in [5.74, 6) is 4.28. The Morgan fingerprint density at radius 2 is 1.79 bits per heavy atom. The zero-order valence-corrected chi connectivity index (χ0v) is 13.0. The number of para-hydroxylation sites is 1. The lowest BCUT2D eigenvalue weighted by molar-refractivity contribution is -0.114. The highest BCUT2D eigenvalue weighted by Gasteiger charge is 2.23. The van der Waals surface area contributed by atoms with Crippen LogP contribution in [0.2, 0.25) is 0 Å². The lowest BCUT2D eigenvalue weighted by Crippen LogP contribution is -2.36. The van der Waals surface area contributed by atoms with Gasteiger partial charge in [-0.25, -0.2) is 5.84 Å². The van der Waals surface area contributed by atoms with Crippen LogP contribution in [0.25, 0.3) is 10.9 Å². The summed E-state index contributed by atoms with van der Waals surface area (Å²) >= 11 is 0. The van der Waals surface area contributed by atoms with Crippen molar-refractivity contribution in [3.63, 3.8) is 0 Å². The van der Waals surface area contributed by atoms with Gasteiger partial charge in [0.25, 0.3) is 5.91 Å². The van der Waals surface area contributed by atoms with E-state index < -0.39 is 5.91 Å². The van der Waals surface area contributed by atoms with Gasteiger partial charge < -0.3 is 9.67 Å². The van der Waals surface area contributed by atoms with E-state index in [9.17, 15) is 9.90 Å². The van der Waals surface area contributed by atoms with E-state index in [1.54, 1.807) is 16.7 Å². The molecule has 0 fully saturated rings. The third kappa shape index (κ3) is 2.75. The van der Waals surface area contributed by atoms with Gasteiger partial charge in [0.2, 0.25) is 5.88 Å². The maximum absolute atomic E-state index is 11.7. The standard InChI is InChI=1S/C18H18N4O2/c19-16(17(23)21-20)15-13-8-4-5-9-14(13)22(18(15)24)11-10-12-6-2-1-3-7-12/h1-9,19,24H,10-11,20H2,(H,21,23). The van der Waals surface area contributed by atoms with Gasteiger partial charge in [-0.3, -0.25) is 15.6 Å². The zero-order chi connectivity index (χ0) is 17.1. The summed E-state index contributed by atoms with van der Waals surface area (Å²) in [7, 11) is 0. The molecule has 2 aromatic carbocycles. The number of carbonyl (C=O) groups is 1. The van der Waals surface area contributed by atoms with Gasteiger partial charge >= 0.3 is 0 Å². The van der Waals surface area contributed by atoms with Crippen molar-refractivity contribution in [2.24, 2.45) is 5.84 Å². The number of hydrazine groups is 1. The van der Waals surface area contributed by atoms with Crippen molar-refractivity contribution in [2.75, 3.05) is 0 Å². The molecule has 0 spiro atoms. The Bertz CT molecular complexity index is 900. The number of nitrogens with one attached hydrogen (secondary N) is 2. The second kappa shape index (κ2) is 6.55. The lowest BCUT2D eigenvalue weighted by atomic mass is 10.1. The van der Waals surface area contributed by atoms with E-state index in [1.165, 1.54) is 0 Å². The van der Waals surface area contributed by atoms with Crippen molar-refractivity contribution >= 4 is 22.5 Å². The Morgan fingerprint density at radius 1 is 1.12 bits per heavy atom. The Hall–Kier alpha value is -3.12. The molecule has 0 aliphatic heterocycles. The molecule has 3 aromatic rings. The summed E-state index contributed by atoms with van der Waals surface area (Å²) in [5.41, 5.74) is 3.70. The first-order valence-electron chi connectivity index (χ1n) is 7.57. The minimum absolute atomic E-state index is 0.0965. The third-order valence-electron chi connectivity index (χ3n) is 4.02. The molecule has 0 saturated carbocycles. The summed E-state index contributed by atoms with van der Waals surface area (Å²) in [5, 5.41) is 19.3. The monoisotopic (exact) mass is 322 g/mol. The number of carbonyl (C=O) groups excluding carboxylic acids is 1. The van der Waals surface area contributed by atoms with Gasteiger partial charge in [-0.05, 0) is 18.1 Å². The highest BCUT2D eigenvalue weighted by molar-refractivity contribution is 6.46. The molecular weight excluding hydrogens is 304 g/mol. The fourth-order valence-corrected chi connectivity index (χ4v) is 2.83. The van der Waals surface area contributed by atoms with Crippen LogP contribution in [0.3, 0.4) is 0 Å². The Morgan fingerprint density at radius 3 is 2.50 bits per heavy atom. The van der Waals surface area contributed by atoms with Gasteiger partial charge in [-0.2, -0.15) is 0 Å². The van der Waals surface area contributed by atoms with E-state index in [1.807, 2.05) is 47.9 Å². The van der Waals surface area contributed by atoms with E-state index >= 15 is 0 Å². The number of aromatic nitrogens is 1. The number of hydrogen-bond donors (Lipinski definition) is 4. The van der Waals surface area contributed by atoms with Gasteiger partial charge in [0.1, 0.15) is 5.71 Å². The van der Waals surface area contributed by atoms with E-state index in [-0.39, 0.29) is 17.2 Å². The summed E-state index contributed by atoms with van der Waals surface area (Å²) in [6.07, 6.45) is 0.725. The molecule has 1 amide bonds. The molecule has 0 atom stereocenters. The summed E-state index contributed by atoms with van der Waals surface area (Å²) in [4.78, 5) is 11.7. The predicted molar refractivity (Wildman–Crippen MR) is 92.9 cm³/mol. The number of hydrogen-bond acceptors (Lipinski definition) is 4. The molecule has 1 heterocycles. The largest absolute Gasteiger partial charge is 0.494 e. The maximum Gasteiger partial charge on any atom is 0.283 e. The number of fused-ring (bicyclic) bond motifs is 1.